The average molecular weight is 287 g/mol. The van der Waals surface area contributed by atoms with Crippen molar-refractivity contribution in [3.05, 3.63) is 23.8 Å². The Labute approximate surface area is 114 Å². The van der Waals surface area contributed by atoms with Gasteiger partial charge in [-0.15, -0.1) is 0 Å². The zero-order chi connectivity index (χ0) is 14.8. The number of benzene rings is 1. The predicted octanol–water partition coefficient (Wildman–Crippen LogP) is 3.19. The first-order chi connectivity index (χ1) is 9.38. The molecular weight excluding hydrogens is 271 g/mol. The number of carbonyl (C=O) groups is 1. The molecule has 110 valence electrons. The van der Waals surface area contributed by atoms with Crippen molar-refractivity contribution in [3.8, 4) is 0 Å². The van der Waals surface area contributed by atoms with Crippen molar-refractivity contribution >= 4 is 17.4 Å². The van der Waals surface area contributed by atoms with Gasteiger partial charge < -0.3 is 16.0 Å². The number of anilines is 2. The van der Waals surface area contributed by atoms with Crippen molar-refractivity contribution in [2.24, 2.45) is 5.73 Å². The standard InChI is InChI=1S/C13H16F3N3O/c14-13(15,16)10-8-9(18-12(17)20)4-5-11(10)19-6-2-1-3-7-19/h4-5,8H,1-3,6-7H2,(H3,17,18,20). The van der Waals surface area contributed by atoms with Crippen LogP contribution in [-0.2, 0) is 6.18 Å². The number of nitrogens with two attached hydrogens (primary N) is 1. The monoisotopic (exact) mass is 287 g/mol. The Morgan fingerprint density at radius 2 is 1.85 bits per heavy atom. The number of halogens is 3. The Balaban J connectivity index is 2.37. The number of urea groups is 1. The lowest BCUT2D eigenvalue weighted by molar-refractivity contribution is -0.137. The van der Waals surface area contributed by atoms with Crippen LogP contribution in [0.5, 0.6) is 0 Å². The molecule has 1 aromatic carbocycles. The molecule has 4 nitrogen and oxygen atoms in total. The van der Waals surface area contributed by atoms with E-state index in [1.807, 2.05) is 0 Å². The third-order valence-corrected chi connectivity index (χ3v) is 3.27. The van der Waals surface area contributed by atoms with E-state index in [1.165, 1.54) is 12.1 Å². The van der Waals surface area contributed by atoms with Gasteiger partial charge in [0, 0.05) is 24.5 Å². The van der Waals surface area contributed by atoms with Crippen molar-refractivity contribution in [2.75, 3.05) is 23.3 Å². The van der Waals surface area contributed by atoms with Gasteiger partial charge in [-0.2, -0.15) is 13.2 Å². The van der Waals surface area contributed by atoms with Crippen LogP contribution in [0.25, 0.3) is 0 Å². The quantitative estimate of drug-likeness (QED) is 0.877. The first-order valence-electron chi connectivity index (χ1n) is 6.40. The van der Waals surface area contributed by atoms with Crippen LogP contribution in [0.1, 0.15) is 24.8 Å². The SMILES string of the molecule is NC(=O)Nc1ccc(N2CCCCC2)c(C(F)(F)F)c1. The minimum Gasteiger partial charge on any atom is -0.371 e. The summed E-state index contributed by atoms with van der Waals surface area (Å²) in [6.07, 6.45) is -1.65. The maximum absolute atomic E-state index is 13.2. The molecule has 0 spiro atoms. The summed E-state index contributed by atoms with van der Waals surface area (Å²) in [6.45, 7) is 1.23. The van der Waals surface area contributed by atoms with E-state index in [-0.39, 0.29) is 11.4 Å². The highest BCUT2D eigenvalue weighted by atomic mass is 19.4. The number of amides is 2. The van der Waals surface area contributed by atoms with Gasteiger partial charge in [0.1, 0.15) is 0 Å². The summed E-state index contributed by atoms with van der Waals surface area (Å²) in [6, 6.07) is 2.86. The molecule has 0 atom stereocenters. The average Bonchev–Trinajstić information content (AvgIpc) is 2.38. The first-order valence-corrected chi connectivity index (χ1v) is 6.40. The van der Waals surface area contributed by atoms with Gasteiger partial charge in [0.05, 0.1) is 5.56 Å². The van der Waals surface area contributed by atoms with Gasteiger partial charge in [0.2, 0.25) is 0 Å². The summed E-state index contributed by atoms with van der Waals surface area (Å²) >= 11 is 0. The van der Waals surface area contributed by atoms with Gasteiger partial charge in [-0.25, -0.2) is 4.79 Å². The van der Waals surface area contributed by atoms with Crippen LogP contribution in [0.3, 0.4) is 0 Å². The molecule has 1 aliphatic heterocycles. The first kappa shape index (κ1) is 14.5. The van der Waals surface area contributed by atoms with E-state index in [0.717, 1.165) is 25.3 Å². The van der Waals surface area contributed by atoms with Gasteiger partial charge >= 0.3 is 12.2 Å². The second-order valence-electron chi connectivity index (χ2n) is 4.77. The number of hydrogen-bond acceptors (Lipinski definition) is 2. The lowest BCUT2D eigenvalue weighted by Crippen LogP contribution is -2.31. The number of nitrogens with zero attached hydrogens (tertiary/aromatic N) is 1. The Morgan fingerprint density at radius 1 is 1.20 bits per heavy atom. The number of carbonyl (C=O) groups excluding carboxylic acids is 1. The predicted molar refractivity (Wildman–Crippen MR) is 70.7 cm³/mol. The third kappa shape index (κ3) is 3.34. The molecule has 0 saturated carbocycles. The number of piperidine rings is 1. The van der Waals surface area contributed by atoms with E-state index < -0.39 is 17.8 Å². The number of primary amides is 1. The molecule has 2 rings (SSSR count). The summed E-state index contributed by atoms with van der Waals surface area (Å²) in [5.74, 6) is 0. The van der Waals surface area contributed by atoms with Gasteiger partial charge in [0.25, 0.3) is 0 Å². The fourth-order valence-electron chi connectivity index (χ4n) is 2.39. The van der Waals surface area contributed by atoms with E-state index in [2.05, 4.69) is 5.32 Å². The minimum atomic E-state index is -4.47. The molecule has 2 amide bonds. The van der Waals surface area contributed by atoms with Crippen LogP contribution in [0, 0.1) is 0 Å². The van der Waals surface area contributed by atoms with Crippen LogP contribution in [-0.4, -0.2) is 19.1 Å². The lowest BCUT2D eigenvalue weighted by atomic mass is 10.1. The summed E-state index contributed by atoms with van der Waals surface area (Å²) in [5.41, 5.74) is 4.38. The molecule has 20 heavy (non-hydrogen) atoms. The maximum atomic E-state index is 13.2. The molecule has 3 N–H and O–H groups in total. The van der Waals surface area contributed by atoms with E-state index in [0.29, 0.717) is 13.1 Å². The van der Waals surface area contributed by atoms with Crippen LogP contribution in [0.4, 0.5) is 29.3 Å². The highest BCUT2D eigenvalue weighted by Gasteiger charge is 2.35. The fourth-order valence-corrected chi connectivity index (χ4v) is 2.39. The Kier molecular flexibility index (Phi) is 4.06. The second kappa shape index (κ2) is 5.60. The largest absolute Gasteiger partial charge is 0.418 e. The third-order valence-electron chi connectivity index (χ3n) is 3.27. The molecule has 0 aliphatic carbocycles. The smallest absolute Gasteiger partial charge is 0.371 e. The van der Waals surface area contributed by atoms with Crippen LogP contribution < -0.4 is 16.0 Å². The van der Waals surface area contributed by atoms with Crippen molar-refractivity contribution in [1.82, 2.24) is 0 Å². The topological polar surface area (TPSA) is 58.4 Å². The second-order valence-corrected chi connectivity index (χ2v) is 4.77. The van der Waals surface area contributed by atoms with E-state index in [9.17, 15) is 18.0 Å². The van der Waals surface area contributed by atoms with Crippen LogP contribution in [0.2, 0.25) is 0 Å². The summed E-state index contributed by atoms with van der Waals surface area (Å²) in [5, 5.41) is 2.17. The van der Waals surface area contributed by atoms with Crippen LogP contribution in [0.15, 0.2) is 18.2 Å². The van der Waals surface area contributed by atoms with E-state index >= 15 is 0 Å². The molecule has 1 aromatic rings. The van der Waals surface area contributed by atoms with Crippen molar-refractivity contribution in [2.45, 2.75) is 25.4 Å². The zero-order valence-corrected chi connectivity index (χ0v) is 10.8. The van der Waals surface area contributed by atoms with Crippen molar-refractivity contribution in [3.63, 3.8) is 0 Å². The number of hydrogen-bond donors (Lipinski definition) is 2. The van der Waals surface area contributed by atoms with E-state index in [4.69, 9.17) is 5.73 Å². The van der Waals surface area contributed by atoms with Gasteiger partial charge in [-0.05, 0) is 37.5 Å². The highest BCUT2D eigenvalue weighted by Crippen LogP contribution is 2.39. The molecule has 0 aromatic heterocycles. The Bertz CT molecular complexity index is 496. The van der Waals surface area contributed by atoms with E-state index in [1.54, 1.807) is 4.90 Å². The fraction of sp³-hybridized carbons (Fsp3) is 0.462. The molecule has 7 heteroatoms. The normalized spacial score (nSPS) is 16.1. The summed E-state index contributed by atoms with van der Waals surface area (Å²) in [4.78, 5) is 12.5. The Morgan fingerprint density at radius 3 is 2.40 bits per heavy atom. The van der Waals surface area contributed by atoms with Crippen molar-refractivity contribution < 1.29 is 18.0 Å². The minimum absolute atomic E-state index is 0.0468. The van der Waals surface area contributed by atoms with Gasteiger partial charge in [-0.3, -0.25) is 0 Å². The number of rotatable bonds is 2. The molecule has 1 saturated heterocycles. The molecule has 0 bridgehead atoms. The highest BCUT2D eigenvalue weighted by molar-refractivity contribution is 5.88. The lowest BCUT2D eigenvalue weighted by Gasteiger charge is -2.31. The molecule has 0 radical (unpaired) electrons. The number of nitrogens with one attached hydrogen (secondary N) is 1. The molecular formula is C13H16F3N3O. The van der Waals surface area contributed by atoms with Gasteiger partial charge in [0.15, 0.2) is 0 Å². The van der Waals surface area contributed by atoms with Crippen molar-refractivity contribution in [1.29, 1.82) is 0 Å². The molecule has 1 heterocycles. The van der Waals surface area contributed by atoms with Crippen LogP contribution >= 0.6 is 0 Å². The summed E-state index contributed by atoms with van der Waals surface area (Å²) < 4.78 is 39.5. The van der Waals surface area contributed by atoms with Gasteiger partial charge in [-0.1, -0.05) is 0 Å². The molecule has 1 aliphatic rings. The molecule has 1 fully saturated rings. The summed E-state index contributed by atoms with van der Waals surface area (Å²) in [7, 11) is 0. The number of alkyl halides is 3. The maximum Gasteiger partial charge on any atom is 0.418 e. The molecule has 0 unspecified atom stereocenters. The Hall–Kier alpha value is -1.92. The zero-order valence-electron chi connectivity index (χ0n) is 10.8.